The first-order valence-corrected chi connectivity index (χ1v) is 6.13. The van der Waals surface area contributed by atoms with Crippen molar-refractivity contribution in [2.45, 2.75) is 13.8 Å². The molecule has 0 aliphatic carbocycles. The van der Waals surface area contributed by atoms with Gasteiger partial charge in [-0.1, -0.05) is 12.1 Å². The predicted molar refractivity (Wildman–Crippen MR) is 77.7 cm³/mol. The third-order valence-corrected chi connectivity index (χ3v) is 3.00. The zero-order valence-electron chi connectivity index (χ0n) is 11.3. The Hall–Kier alpha value is -2.36. The average molecular weight is 255 g/mol. The number of nitrogens with one attached hydrogen (secondary N) is 2. The number of aryl methyl sites for hydroxylation is 2. The van der Waals surface area contributed by atoms with Gasteiger partial charge in [0, 0.05) is 12.7 Å². The van der Waals surface area contributed by atoms with Gasteiger partial charge >= 0.3 is 0 Å². The van der Waals surface area contributed by atoms with E-state index in [-0.39, 0.29) is 5.91 Å². The standard InChI is InChI=1S/C15H17N3O/c1-10-7-8-12(9-11(10)2)17-15(19)13-5-4-6-14(16-3)18-13/h4-9H,1-3H3,(H,16,18)(H,17,19). The van der Waals surface area contributed by atoms with Gasteiger partial charge in [0.2, 0.25) is 0 Å². The lowest BCUT2D eigenvalue weighted by molar-refractivity contribution is 0.102. The maximum atomic E-state index is 12.1. The van der Waals surface area contributed by atoms with Gasteiger partial charge in [-0.2, -0.15) is 0 Å². The molecule has 0 fully saturated rings. The molecule has 98 valence electrons. The maximum absolute atomic E-state index is 12.1. The summed E-state index contributed by atoms with van der Waals surface area (Å²) in [4.78, 5) is 16.3. The molecule has 2 aromatic rings. The topological polar surface area (TPSA) is 54.0 Å². The van der Waals surface area contributed by atoms with Crippen molar-refractivity contribution in [1.29, 1.82) is 0 Å². The number of benzene rings is 1. The van der Waals surface area contributed by atoms with Crippen LogP contribution in [0.15, 0.2) is 36.4 Å². The van der Waals surface area contributed by atoms with Crippen molar-refractivity contribution in [3.8, 4) is 0 Å². The van der Waals surface area contributed by atoms with Crippen LogP contribution in [0, 0.1) is 13.8 Å². The molecule has 1 aromatic heterocycles. The molecule has 0 radical (unpaired) electrons. The smallest absolute Gasteiger partial charge is 0.274 e. The van der Waals surface area contributed by atoms with Crippen LogP contribution in [0.1, 0.15) is 21.6 Å². The van der Waals surface area contributed by atoms with E-state index in [0.717, 1.165) is 11.3 Å². The Balaban J connectivity index is 2.18. The molecule has 2 N–H and O–H groups in total. The molecule has 0 saturated heterocycles. The molecule has 0 bridgehead atoms. The van der Waals surface area contributed by atoms with Crippen LogP contribution in [0.2, 0.25) is 0 Å². The fourth-order valence-corrected chi connectivity index (χ4v) is 1.71. The highest BCUT2D eigenvalue weighted by atomic mass is 16.1. The van der Waals surface area contributed by atoms with Crippen molar-refractivity contribution in [2.75, 3.05) is 17.7 Å². The van der Waals surface area contributed by atoms with Crippen molar-refractivity contribution in [1.82, 2.24) is 4.98 Å². The monoisotopic (exact) mass is 255 g/mol. The maximum Gasteiger partial charge on any atom is 0.274 e. The van der Waals surface area contributed by atoms with Crippen LogP contribution in [0.25, 0.3) is 0 Å². The summed E-state index contributed by atoms with van der Waals surface area (Å²) in [5.41, 5.74) is 3.53. The number of amides is 1. The minimum absolute atomic E-state index is 0.208. The van der Waals surface area contributed by atoms with Crippen LogP contribution in [0.4, 0.5) is 11.5 Å². The quantitative estimate of drug-likeness (QED) is 0.886. The molecule has 19 heavy (non-hydrogen) atoms. The van der Waals surface area contributed by atoms with Crippen molar-refractivity contribution >= 4 is 17.4 Å². The summed E-state index contributed by atoms with van der Waals surface area (Å²) in [5, 5.41) is 5.76. The normalized spacial score (nSPS) is 10.1. The fourth-order valence-electron chi connectivity index (χ4n) is 1.71. The van der Waals surface area contributed by atoms with Crippen LogP contribution in [-0.2, 0) is 0 Å². The minimum Gasteiger partial charge on any atom is -0.373 e. The van der Waals surface area contributed by atoms with Gasteiger partial charge in [-0.25, -0.2) is 4.98 Å². The molecule has 4 heteroatoms. The van der Waals surface area contributed by atoms with Crippen molar-refractivity contribution in [3.05, 3.63) is 53.2 Å². The first kappa shape index (κ1) is 13.1. The second kappa shape index (κ2) is 5.52. The minimum atomic E-state index is -0.208. The van der Waals surface area contributed by atoms with E-state index >= 15 is 0 Å². The van der Waals surface area contributed by atoms with E-state index in [4.69, 9.17) is 0 Å². The van der Waals surface area contributed by atoms with Gasteiger partial charge in [-0.05, 0) is 49.2 Å². The summed E-state index contributed by atoms with van der Waals surface area (Å²) in [7, 11) is 1.77. The summed E-state index contributed by atoms with van der Waals surface area (Å²) in [6.45, 7) is 4.06. The number of rotatable bonds is 3. The summed E-state index contributed by atoms with van der Waals surface area (Å²) in [6, 6.07) is 11.1. The Labute approximate surface area is 112 Å². The number of anilines is 2. The molecule has 1 amide bonds. The molecule has 0 spiro atoms. The van der Waals surface area contributed by atoms with Crippen molar-refractivity contribution in [3.63, 3.8) is 0 Å². The highest BCUT2D eigenvalue weighted by molar-refractivity contribution is 6.03. The summed E-state index contributed by atoms with van der Waals surface area (Å²) >= 11 is 0. The van der Waals surface area contributed by atoms with E-state index in [0.29, 0.717) is 11.5 Å². The largest absolute Gasteiger partial charge is 0.373 e. The van der Waals surface area contributed by atoms with Crippen LogP contribution >= 0.6 is 0 Å². The predicted octanol–water partition coefficient (Wildman–Crippen LogP) is 2.99. The molecule has 2 rings (SSSR count). The molecular formula is C15H17N3O. The Kier molecular flexibility index (Phi) is 3.80. The van der Waals surface area contributed by atoms with E-state index < -0.39 is 0 Å². The Morgan fingerprint density at radius 3 is 2.58 bits per heavy atom. The lowest BCUT2D eigenvalue weighted by Crippen LogP contribution is -2.14. The first-order chi connectivity index (χ1) is 9.10. The van der Waals surface area contributed by atoms with Gasteiger partial charge in [-0.3, -0.25) is 4.79 Å². The van der Waals surface area contributed by atoms with Crippen LogP contribution < -0.4 is 10.6 Å². The summed E-state index contributed by atoms with van der Waals surface area (Å²) in [6.07, 6.45) is 0. The van der Waals surface area contributed by atoms with E-state index in [1.54, 1.807) is 19.2 Å². The van der Waals surface area contributed by atoms with Gasteiger partial charge < -0.3 is 10.6 Å². The highest BCUT2D eigenvalue weighted by Gasteiger charge is 2.08. The van der Waals surface area contributed by atoms with Crippen molar-refractivity contribution < 1.29 is 4.79 Å². The number of pyridine rings is 1. The van der Waals surface area contributed by atoms with E-state index in [9.17, 15) is 4.79 Å². The Morgan fingerprint density at radius 2 is 1.89 bits per heavy atom. The van der Waals surface area contributed by atoms with Gasteiger partial charge in [0.25, 0.3) is 5.91 Å². The molecule has 1 heterocycles. The first-order valence-electron chi connectivity index (χ1n) is 6.13. The lowest BCUT2D eigenvalue weighted by atomic mass is 10.1. The highest BCUT2D eigenvalue weighted by Crippen LogP contribution is 2.15. The summed E-state index contributed by atoms with van der Waals surface area (Å²) < 4.78 is 0. The molecule has 0 unspecified atom stereocenters. The second-order valence-corrected chi connectivity index (χ2v) is 4.41. The SMILES string of the molecule is CNc1cccc(C(=O)Nc2ccc(C)c(C)c2)n1. The van der Waals surface area contributed by atoms with E-state index in [1.807, 2.05) is 38.1 Å². The lowest BCUT2D eigenvalue weighted by Gasteiger charge is -2.08. The Bertz CT molecular complexity index is 608. The molecule has 4 nitrogen and oxygen atoms in total. The zero-order valence-corrected chi connectivity index (χ0v) is 11.3. The fraction of sp³-hybridized carbons (Fsp3) is 0.200. The van der Waals surface area contributed by atoms with Gasteiger partial charge in [0.05, 0.1) is 0 Å². The molecular weight excluding hydrogens is 238 g/mol. The van der Waals surface area contributed by atoms with Crippen LogP contribution in [0.5, 0.6) is 0 Å². The average Bonchev–Trinajstić information content (AvgIpc) is 2.43. The number of aromatic nitrogens is 1. The second-order valence-electron chi connectivity index (χ2n) is 4.41. The molecule has 1 aromatic carbocycles. The van der Waals surface area contributed by atoms with E-state index in [1.165, 1.54) is 5.56 Å². The van der Waals surface area contributed by atoms with E-state index in [2.05, 4.69) is 15.6 Å². The van der Waals surface area contributed by atoms with Crippen molar-refractivity contribution in [2.24, 2.45) is 0 Å². The number of nitrogens with zero attached hydrogens (tertiary/aromatic N) is 1. The molecule has 0 aliphatic rings. The number of carbonyl (C=O) groups excluding carboxylic acids is 1. The number of hydrogen-bond acceptors (Lipinski definition) is 3. The summed E-state index contributed by atoms with van der Waals surface area (Å²) in [5.74, 6) is 0.466. The number of carbonyl (C=O) groups is 1. The van der Waals surface area contributed by atoms with Gasteiger partial charge in [0.15, 0.2) is 0 Å². The van der Waals surface area contributed by atoms with Gasteiger partial charge in [-0.15, -0.1) is 0 Å². The zero-order chi connectivity index (χ0) is 13.8. The van der Waals surface area contributed by atoms with Gasteiger partial charge in [0.1, 0.15) is 11.5 Å². The van der Waals surface area contributed by atoms with Crippen LogP contribution in [0.3, 0.4) is 0 Å². The third-order valence-electron chi connectivity index (χ3n) is 3.00. The third kappa shape index (κ3) is 3.10. The molecule has 0 saturated carbocycles. The Morgan fingerprint density at radius 1 is 1.11 bits per heavy atom. The molecule has 0 aliphatic heterocycles. The molecule has 0 atom stereocenters. The van der Waals surface area contributed by atoms with Crippen LogP contribution in [-0.4, -0.2) is 17.9 Å². The number of hydrogen-bond donors (Lipinski definition) is 2.